The van der Waals surface area contributed by atoms with Crippen molar-refractivity contribution in [2.24, 2.45) is 0 Å². The Hall–Kier alpha value is -2.90. The highest BCUT2D eigenvalue weighted by Crippen LogP contribution is 2.26. The summed E-state index contributed by atoms with van der Waals surface area (Å²) in [5.74, 6) is 0.148. The maximum absolute atomic E-state index is 13.2. The number of amides is 2. The Morgan fingerprint density at radius 2 is 1.71 bits per heavy atom. The fourth-order valence-corrected chi connectivity index (χ4v) is 5.70. The number of aliphatic hydroxyl groups excluding tert-OH is 1. The minimum Gasteiger partial charge on any atom is -0.390 e. The minimum absolute atomic E-state index is 0.0134. The highest BCUT2D eigenvalue weighted by Gasteiger charge is 2.28. The summed E-state index contributed by atoms with van der Waals surface area (Å²) >= 11 is 0. The van der Waals surface area contributed by atoms with Gasteiger partial charge in [0.05, 0.1) is 6.10 Å². The van der Waals surface area contributed by atoms with Crippen LogP contribution in [0.1, 0.15) is 40.4 Å². The molecule has 186 valence electrons. The van der Waals surface area contributed by atoms with E-state index in [1.807, 2.05) is 17.0 Å². The Morgan fingerprint density at radius 1 is 0.914 bits per heavy atom. The average molecular weight is 477 g/mol. The van der Waals surface area contributed by atoms with E-state index in [9.17, 15) is 14.7 Å². The molecule has 7 nitrogen and oxygen atoms in total. The Morgan fingerprint density at radius 3 is 2.54 bits per heavy atom. The molecule has 3 aliphatic rings. The van der Waals surface area contributed by atoms with Crippen molar-refractivity contribution in [2.45, 2.75) is 38.8 Å². The Balaban J connectivity index is 1.18. The van der Waals surface area contributed by atoms with Crippen molar-refractivity contribution in [3.8, 4) is 0 Å². The molecule has 1 unspecified atom stereocenters. The lowest BCUT2D eigenvalue weighted by Crippen LogP contribution is -2.46. The summed E-state index contributed by atoms with van der Waals surface area (Å²) in [4.78, 5) is 33.3. The van der Waals surface area contributed by atoms with Crippen molar-refractivity contribution in [1.82, 2.24) is 14.7 Å². The van der Waals surface area contributed by atoms with Crippen LogP contribution in [0.4, 0.5) is 5.69 Å². The summed E-state index contributed by atoms with van der Waals surface area (Å²) in [5, 5.41) is 10.8. The largest absolute Gasteiger partial charge is 0.390 e. The quantitative estimate of drug-likeness (QED) is 0.717. The molecule has 1 atom stereocenters. The monoisotopic (exact) mass is 476 g/mol. The van der Waals surface area contributed by atoms with Gasteiger partial charge in [-0.2, -0.15) is 0 Å². The molecule has 7 heteroatoms. The van der Waals surface area contributed by atoms with E-state index in [1.54, 1.807) is 11.8 Å². The number of hydrogen-bond donors (Lipinski definition) is 1. The predicted octanol–water partition coefficient (Wildman–Crippen LogP) is 2.16. The first-order valence-electron chi connectivity index (χ1n) is 12.9. The van der Waals surface area contributed by atoms with Crippen molar-refractivity contribution in [2.75, 3.05) is 57.3 Å². The van der Waals surface area contributed by atoms with Gasteiger partial charge >= 0.3 is 0 Å². The van der Waals surface area contributed by atoms with Crippen molar-refractivity contribution in [3.05, 3.63) is 64.7 Å². The fraction of sp³-hybridized carbons (Fsp3) is 0.500. The van der Waals surface area contributed by atoms with Crippen LogP contribution in [0.5, 0.6) is 0 Å². The lowest BCUT2D eigenvalue weighted by atomic mass is 9.97. The van der Waals surface area contributed by atoms with Crippen LogP contribution in [0, 0.1) is 0 Å². The van der Waals surface area contributed by atoms with Crippen LogP contribution in [0.2, 0.25) is 0 Å². The highest BCUT2D eigenvalue weighted by molar-refractivity contribution is 5.97. The summed E-state index contributed by atoms with van der Waals surface area (Å²) in [7, 11) is 0. The van der Waals surface area contributed by atoms with Gasteiger partial charge in [-0.05, 0) is 54.2 Å². The normalized spacial score (nSPS) is 19.7. The lowest BCUT2D eigenvalue weighted by molar-refractivity contribution is -0.128. The first-order valence-corrected chi connectivity index (χ1v) is 12.9. The zero-order valence-electron chi connectivity index (χ0n) is 20.7. The zero-order chi connectivity index (χ0) is 24.4. The highest BCUT2D eigenvalue weighted by atomic mass is 16.3. The Labute approximate surface area is 207 Å². The van der Waals surface area contributed by atoms with E-state index < -0.39 is 6.10 Å². The smallest absolute Gasteiger partial charge is 0.254 e. The van der Waals surface area contributed by atoms with Crippen molar-refractivity contribution >= 4 is 17.5 Å². The second kappa shape index (κ2) is 10.4. The van der Waals surface area contributed by atoms with Gasteiger partial charge < -0.3 is 19.8 Å². The molecule has 0 saturated carbocycles. The third-order valence-corrected chi connectivity index (χ3v) is 7.67. The van der Waals surface area contributed by atoms with Gasteiger partial charge in [-0.3, -0.25) is 14.5 Å². The second-order valence-corrected chi connectivity index (χ2v) is 10.1. The van der Waals surface area contributed by atoms with Gasteiger partial charge in [0.25, 0.3) is 5.91 Å². The van der Waals surface area contributed by atoms with E-state index >= 15 is 0 Å². The van der Waals surface area contributed by atoms with Crippen molar-refractivity contribution in [1.29, 1.82) is 0 Å². The molecular weight excluding hydrogens is 440 g/mol. The molecule has 0 bridgehead atoms. The number of β-amino-alcohol motifs (C(OH)–C–C–N with tert-alkyl or cyclic N) is 1. The molecule has 1 fully saturated rings. The van der Waals surface area contributed by atoms with Gasteiger partial charge in [-0.1, -0.05) is 24.3 Å². The van der Waals surface area contributed by atoms with E-state index in [2.05, 4.69) is 40.1 Å². The molecule has 3 heterocycles. The SMILES string of the molecule is CC(=O)N1CCCN(c2ccc3c(c2)CCN(CC(O)CN2CCc4ccccc4C2)C3=O)CC1. The number of carbonyl (C=O) groups is 2. The Bertz CT molecular complexity index is 1090. The number of carbonyl (C=O) groups excluding carboxylic acids is 2. The van der Waals surface area contributed by atoms with Crippen LogP contribution >= 0.6 is 0 Å². The molecule has 0 radical (unpaired) electrons. The first kappa shape index (κ1) is 23.8. The molecule has 2 amide bonds. The van der Waals surface area contributed by atoms with Crippen LogP contribution < -0.4 is 4.90 Å². The van der Waals surface area contributed by atoms with E-state index in [1.165, 1.54) is 11.1 Å². The number of fused-ring (bicyclic) bond motifs is 2. The molecule has 1 N–H and O–H groups in total. The van der Waals surface area contributed by atoms with E-state index in [0.717, 1.165) is 75.3 Å². The first-order chi connectivity index (χ1) is 17.0. The molecule has 0 aliphatic carbocycles. The van der Waals surface area contributed by atoms with Crippen LogP contribution in [-0.4, -0.2) is 90.1 Å². The third kappa shape index (κ3) is 5.36. The van der Waals surface area contributed by atoms with E-state index in [-0.39, 0.29) is 11.8 Å². The standard InChI is InChI=1S/C28H36N4O3/c1-21(33)30-11-4-12-31(16-15-30)25-7-8-27-23(17-25)10-14-32(28(27)35)20-26(34)19-29-13-9-22-5-2-3-6-24(22)18-29/h2-3,5-8,17,26,34H,4,9-16,18-20H2,1H3. The average Bonchev–Trinajstić information content (AvgIpc) is 3.12. The number of nitrogens with zero attached hydrogens (tertiary/aromatic N) is 4. The molecule has 2 aromatic rings. The van der Waals surface area contributed by atoms with Crippen LogP contribution in [-0.2, 0) is 24.2 Å². The van der Waals surface area contributed by atoms with Gasteiger partial charge in [0.15, 0.2) is 0 Å². The zero-order valence-corrected chi connectivity index (χ0v) is 20.7. The van der Waals surface area contributed by atoms with Gasteiger partial charge in [0.2, 0.25) is 5.91 Å². The maximum atomic E-state index is 13.2. The topological polar surface area (TPSA) is 67.3 Å². The molecule has 35 heavy (non-hydrogen) atoms. The molecule has 2 aromatic carbocycles. The van der Waals surface area contributed by atoms with Crippen LogP contribution in [0.3, 0.4) is 0 Å². The summed E-state index contributed by atoms with van der Waals surface area (Å²) in [6.45, 7) is 8.27. The molecule has 3 aliphatic heterocycles. The molecule has 0 spiro atoms. The molecule has 0 aromatic heterocycles. The maximum Gasteiger partial charge on any atom is 0.254 e. The van der Waals surface area contributed by atoms with Crippen LogP contribution in [0.15, 0.2) is 42.5 Å². The summed E-state index contributed by atoms with van der Waals surface area (Å²) < 4.78 is 0. The molecule has 5 rings (SSSR count). The summed E-state index contributed by atoms with van der Waals surface area (Å²) in [6.07, 6.45) is 2.19. The third-order valence-electron chi connectivity index (χ3n) is 7.67. The Kier molecular flexibility index (Phi) is 7.07. The second-order valence-electron chi connectivity index (χ2n) is 10.1. The number of benzene rings is 2. The van der Waals surface area contributed by atoms with Gasteiger partial charge in [-0.15, -0.1) is 0 Å². The number of hydrogen-bond acceptors (Lipinski definition) is 5. The molecule has 1 saturated heterocycles. The summed E-state index contributed by atoms with van der Waals surface area (Å²) in [6, 6.07) is 14.6. The lowest BCUT2D eigenvalue weighted by Gasteiger charge is -2.34. The summed E-state index contributed by atoms with van der Waals surface area (Å²) in [5.41, 5.74) is 5.69. The van der Waals surface area contributed by atoms with Crippen LogP contribution in [0.25, 0.3) is 0 Å². The number of rotatable bonds is 5. The number of anilines is 1. The van der Waals surface area contributed by atoms with Crippen molar-refractivity contribution in [3.63, 3.8) is 0 Å². The van der Waals surface area contributed by atoms with Gasteiger partial charge in [0.1, 0.15) is 0 Å². The predicted molar refractivity (Wildman–Crippen MR) is 137 cm³/mol. The number of aliphatic hydroxyl groups is 1. The minimum atomic E-state index is -0.564. The van der Waals surface area contributed by atoms with Gasteiger partial charge in [-0.25, -0.2) is 0 Å². The van der Waals surface area contributed by atoms with Gasteiger partial charge in [0, 0.05) is 77.1 Å². The molecular formula is C28H36N4O3. The van der Waals surface area contributed by atoms with Crippen molar-refractivity contribution < 1.29 is 14.7 Å². The van der Waals surface area contributed by atoms with E-state index in [4.69, 9.17) is 0 Å². The van der Waals surface area contributed by atoms with E-state index in [0.29, 0.717) is 19.6 Å². The fourth-order valence-electron chi connectivity index (χ4n) is 5.70.